The van der Waals surface area contributed by atoms with Crippen molar-refractivity contribution in [2.45, 2.75) is 32.2 Å². The van der Waals surface area contributed by atoms with Gasteiger partial charge in [-0.1, -0.05) is 6.92 Å². The van der Waals surface area contributed by atoms with E-state index in [-0.39, 0.29) is 0 Å². The summed E-state index contributed by atoms with van der Waals surface area (Å²) in [6, 6.07) is 2.86. The van der Waals surface area contributed by atoms with Crippen LogP contribution in [0.15, 0.2) is 11.4 Å². The minimum absolute atomic E-state index is 0.749. The summed E-state index contributed by atoms with van der Waals surface area (Å²) in [5.74, 6) is 1.92. The molecule has 0 bridgehead atoms. The highest BCUT2D eigenvalue weighted by atomic mass is 32.1. The van der Waals surface area contributed by atoms with Crippen LogP contribution in [0.3, 0.4) is 0 Å². The maximum absolute atomic E-state index is 4.67. The van der Waals surface area contributed by atoms with Gasteiger partial charge >= 0.3 is 0 Å². The molecule has 0 saturated carbocycles. The van der Waals surface area contributed by atoms with E-state index in [4.69, 9.17) is 0 Å². The second kappa shape index (κ2) is 7.55. The van der Waals surface area contributed by atoms with E-state index in [0.29, 0.717) is 0 Å². The molecule has 3 heterocycles. The zero-order chi connectivity index (χ0) is 16.2. The predicted octanol–water partition coefficient (Wildman–Crippen LogP) is 2.69. The molecule has 3 rings (SSSR count). The lowest BCUT2D eigenvalue weighted by Crippen LogP contribution is -2.43. The van der Waals surface area contributed by atoms with Gasteiger partial charge in [-0.2, -0.15) is 0 Å². The van der Waals surface area contributed by atoms with Crippen LogP contribution in [-0.4, -0.2) is 66.1 Å². The molecule has 0 atom stereocenters. The SMILES string of the molecule is CCc1nc(NCCN2CCC(N(C)C)CC2)c2ccsc2n1. The van der Waals surface area contributed by atoms with E-state index in [0.717, 1.165) is 47.4 Å². The van der Waals surface area contributed by atoms with Crippen molar-refractivity contribution < 1.29 is 0 Å². The molecule has 2 aromatic heterocycles. The lowest BCUT2D eigenvalue weighted by atomic mass is 10.0. The summed E-state index contributed by atoms with van der Waals surface area (Å²) in [6.45, 7) is 6.52. The molecule has 1 N–H and O–H groups in total. The quantitative estimate of drug-likeness (QED) is 0.880. The topological polar surface area (TPSA) is 44.3 Å². The number of hydrogen-bond acceptors (Lipinski definition) is 6. The van der Waals surface area contributed by atoms with Crippen molar-refractivity contribution in [2.75, 3.05) is 45.6 Å². The van der Waals surface area contributed by atoms with Crippen molar-refractivity contribution in [3.63, 3.8) is 0 Å². The second-order valence-electron chi connectivity index (χ2n) is 6.44. The molecule has 6 heteroatoms. The zero-order valence-corrected chi connectivity index (χ0v) is 15.2. The molecule has 0 unspecified atom stereocenters. The van der Waals surface area contributed by atoms with E-state index < -0.39 is 0 Å². The molecule has 0 amide bonds. The third-order valence-electron chi connectivity index (χ3n) is 4.70. The van der Waals surface area contributed by atoms with E-state index in [2.05, 4.69) is 57.6 Å². The normalized spacial score (nSPS) is 17.2. The van der Waals surface area contributed by atoms with Gasteiger partial charge in [0.05, 0.1) is 5.39 Å². The summed E-state index contributed by atoms with van der Waals surface area (Å²) in [5.41, 5.74) is 0. The first kappa shape index (κ1) is 16.6. The van der Waals surface area contributed by atoms with Crippen LogP contribution in [0.4, 0.5) is 5.82 Å². The summed E-state index contributed by atoms with van der Waals surface area (Å²) in [6.07, 6.45) is 3.42. The highest BCUT2D eigenvalue weighted by Crippen LogP contribution is 2.25. The van der Waals surface area contributed by atoms with Gasteiger partial charge < -0.3 is 15.1 Å². The summed E-state index contributed by atoms with van der Waals surface area (Å²) in [4.78, 5) is 15.3. The number of anilines is 1. The van der Waals surface area contributed by atoms with E-state index >= 15 is 0 Å². The highest BCUT2D eigenvalue weighted by molar-refractivity contribution is 7.16. The van der Waals surface area contributed by atoms with Crippen molar-refractivity contribution >= 4 is 27.4 Å². The molecular weight excluding hydrogens is 306 g/mol. The lowest BCUT2D eigenvalue weighted by Gasteiger charge is -2.35. The molecular formula is C17H27N5S. The number of hydrogen-bond donors (Lipinski definition) is 1. The standard InChI is InChI=1S/C17H27N5S/c1-4-15-19-16(14-7-12-23-17(14)20-15)18-8-11-22-9-5-13(6-10-22)21(2)3/h7,12-13H,4-6,8-11H2,1-3H3,(H,18,19,20). The van der Waals surface area contributed by atoms with Gasteiger partial charge in [-0.3, -0.25) is 0 Å². The minimum Gasteiger partial charge on any atom is -0.368 e. The number of rotatable bonds is 6. The first-order chi connectivity index (χ1) is 11.2. The van der Waals surface area contributed by atoms with Gasteiger partial charge in [0.15, 0.2) is 0 Å². The van der Waals surface area contributed by atoms with Crippen LogP contribution in [0, 0.1) is 0 Å². The Morgan fingerprint density at radius 2 is 2.09 bits per heavy atom. The molecule has 126 valence electrons. The third kappa shape index (κ3) is 4.00. The Balaban J connectivity index is 1.54. The van der Waals surface area contributed by atoms with Gasteiger partial charge in [0.2, 0.25) is 0 Å². The fourth-order valence-electron chi connectivity index (χ4n) is 3.18. The van der Waals surface area contributed by atoms with Crippen LogP contribution in [0.1, 0.15) is 25.6 Å². The number of nitrogens with zero attached hydrogens (tertiary/aromatic N) is 4. The van der Waals surface area contributed by atoms with Gasteiger partial charge in [0.25, 0.3) is 0 Å². The highest BCUT2D eigenvalue weighted by Gasteiger charge is 2.20. The maximum atomic E-state index is 4.67. The van der Waals surface area contributed by atoms with Gasteiger partial charge in [0, 0.05) is 25.6 Å². The number of aryl methyl sites for hydroxylation is 1. The molecule has 5 nitrogen and oxygen atoms in total. The molecule has 23 heavy (non-hydrogen) atoms. The van der Waals surface area contributed by atoms with Gasteiger partial charge in [-0.05, 0) is 51.5 Å². The Morgan fingerprint density at radius 1 is 1.30 bits per heavy atom. The van der Waals surface area contributed by atoms with Crippen LogP contribution < -0.4 is 5.32 Å². The molecule has 1 saturated heterocycles. The van der Waals surface area contributed by atoms with E-state index in [1.54, 1.807) is 11.3 Å². The maximum Gasteiger partial charge on any atom is 0.138 e. The van der Waals surface area contributed by atoms with Crippen LogP contribution in [0.25, 0.3) is 10.2 Å². The summed E-state index contributed by atoms with van der Waals surface area (Å²) in [5, 5.41) is 6.78. The van der Waals surface area contributed by atoms with Crippen molar-refractivity contribution in [2.24, 2.45) is 0 Å². The molecule has 0 aromatic carbocycles. The second-order valence-corrected chi connectivity index (χ2v) is 7.34. The molecule has 1 aliphatic heterocycles. The van der Waals surface area contributed by atoms with Gasteiger partial charge in [0.1, 0.15) is 16.5 Å². The van der Waals surface area contributed by atoms with Gasteiger partial charge in [-0.15, -0.1) is 11.3 Å². The molecule has 0 spiro atoms. The van der Waals surface area contributed by atoms with E-state index in [1.165, 1.54) is 25.9 Å². The van der Waals surface area contributed by atoms with Crippen LogP contribution in [0.5, 0.6) is 0 Å². The first-order valence-corrected chi connectivity index (χ1v) is 9.42. The Morgan fingerprint density at radius 3 is 2.78 bits per heavy atom. The Bertz CT molecular complexity index is 631. The molecule has 2 aromatic rings. The number of piperidine rings is 1. The molecule has 0 radical (unpaired) electrons. The molecule has 1 fully saturated rings. The Kier molecular flexibility index (Phi) is 5.46. The average Bonchev–Trinajstić information content (AvgIpc) is 3.03. The van der Waals surface area contributed by atoms with E-state index in [1.807, 2.05) is 0 Å². The first-order valence-electron chi connectivity index (χ1n) is 8.54. The minimum atomic E-state index is 0.749. The van der Waals surface area contributed by atoms with Crippen molar-refractivity contribution in [3.05, 3.63) is 17.3 Å². The largest absolute Gasteiger partial charge is 0.368 e. The Hall–Kier alpha value is -1.24. The lowest BCUT2D eigenvalue weighted by molar-refractivity contribution is 0.148. The van der Waals surface area contributed by atoms with Crippen molar-refractivity contribution in [1.82, 2.24) is 19.8 Å². The van der Waals surface area contributed by atoms with Crippen LogP contribution in [-0.2, 0) is 6.42 Å². The summed E-state index contributed by atoms with van der Waals surface area (Å²) < 4.78 is 0. The summed E-state index contributed by atoms with van der Waals surface area (Å²) in [7, 11) is 4.38. The average molecular weight is 334 g/mol. The van der Waals surface area contributed by atoms with Gasteiger partial charge in [-0.25, -0.2) is 9.97 Å². The number of thiophene rings is 1. The van der Waals surface area contributed by atoms with Crippen LogP contribution in [0.2, 0.25) is 0 Å². The fourth-order valence-corrected chi connectivity index (χ4v) is 3.97. The Labute approximate surface area is 142 Å². The van der Waals surface area contributed by atoms with Crippen LogP contribution >= 0.6 is 11.3 Å². The third-order valence-corrected chi connectivity index (χ3v) is 5.50. The zero-order valence-electron chi connectivity index (χ0n) is 14.4. The number of fused-ring (bicyclic) bond motifs is 1. The van der Waals surface area contributed by atoms with Crippen molar-refractivity contribution in [1.29, 1.82) is 0 Å². The summed E-state index contributed by atoms with van der Waals surface area (Å²) >= 11 is 1.69. The smallest absolute Gasteiger partial charge is 0.138 e. The predicted molar refractivity (Wildman–Crippen MR) is 98.4 cm³/mol. The van der Waals surface area contributed by atoms with E-state index in [9.17, 15) is 0 Å². The van der Waals surface area contributed by atoms with Crippen molar-refractivity contribution in [3.8, 4) is 0 Å². The number of likely N-dealkylation sites (tertiary alicyclic amines) is 1. The fraction of sp³-hybridized carbons (Fsp3) is 0.647. The number of nitrogens with one attached hydrogen (secondary N) is 1. The molecule has 1 aliphatic rings. The monoisotopic (exact) mass is 333 g/mol. The molecule has 0 aliphatic carbocycles. The number of aromatic nitrogens is 2.